The lowest BCUT2D eigenvalue weighted by Gasteiger charge is -2.16. The van der Waals surface area contributed by atoms with Crippen LogP contribution in [-0.2, 0) is 0 Å². The molecule has 16 heavy (non-hydrogen) atoms. The van der Waals surface area contributed by atoms with Gasteiger partial charge in [-0.1, -0.05) is 15.9 Å². The summed E-state index contributed by atoms with van der Waals surface area (Å²) in [7, 11) is 1.80. The van der Waals surface area contributed by atoms with Crippen molar-refractivity contribution in [2.24, 2.45) is 0 Å². The number of hydrogen-bond donors (Lipinski definition) is 2. The lowest BCUT2D eigenvalue weighted by molar-refractivity contribution is 0.157. The maximum atomic E-state index is 10.1. The van der Waals surface area contributed by atoms with E-state index in [2.05, 4.69) is 21.2 Å². The second-order valence-electron chi connectivity index (χ2n) is 3.70. The Bertz CT molecular complexity index is 409. The summed E-state index contributed by atoms with van der Waals surface area (Å²) in [6.45, 7) is 2.64. The molecule has 1 aromatic rings. The number of halogens is 1. The van der Waals surface area contributed by atoms with E-state index in [1.54, 1.807) is 7.05 Å². The zero-order valence-corrected chi connectivity index (χ0v) is 10.8. The normalized spacial score (nSPS) is 15.2. The number of rotatable bonds is 3. The van der Waals surface area contributed by atoms with Crippen molar-refractivity contribution in [1.82, 2.24) is 5.32 Å². The van der Waals surface area contributed by atoms with Crippen molar-refractivity contribution in [3.63, 3.8) is 0 Å². The van der Waals surface area contributed by atoms with Crippen molar-refractivity contribution < 1.29 is 14.6 Å². The predicted octanol–water partition coefficient (Wildman–Crippen LogP) is 1.74. The van der Waals surface area contributed by atoms with Gasteiger partial charge in [0.05, 0.1) is 6.10 Å². The molecule has 0 aromatic heterocycles. The topological polar surface area (TPSA) is 50.7 Å². The van der Waals surface area contributed by atoms with Gasteiger partial charge < -0.3 is 19.9 Å². The molecule has 5 heteroatoms. The Labute approximate surface area is 103 Å². The van der Waals surface area contributed by atoms with Crippen LogP contribution in [0.5, 0.6) is 11.5 Å². The molecule has 2 rings (SSSR count). The molecule has 2 N–H and O–H groups in total. The molecule has 88 valence electrons. The molecular formula is C11H14BrNO3. The molecule has 1 atom stereocenters. The Hall–Kier alpha value is -0.780. The van der Waals surface area contributed by atoms with Gasteiger partial charge >= 0.3 is 0 Å². The van der Waals surface area contributed by atoms with Crippen molar-refractivity contribution in [2.75, 3.05) is 20.4 Å². The van der Waals surface area contributed by atoms with Gasteiger partial charge in [-0.2, -0.15) is 0 Å². The average molecular weight is 288 g/mol. The van der Waals surface area contributed by atoms with Gasteiger partial charge in [-0.05, 0) is 25.6 Å². The summed E-state index contributed by atoms with van der Waals surface area (Å²) in [6, 6.07) is 1.87. The van der Waals surface area contributed by atoms with Crippen LogP contribution in [0, 0.1) is 6.92 Å². The largest absolute Gasteiger partial charge is 0.454 e. The number of aliphatic hydroxyl groups is 1. The van der Waals surface area contributed by atoms with Crippen LogP contribution in [0.15, 0.2) is 10.5 Å². The third-order valence-corrected chi connectivity index (χ3v) is 3.46. The number of ether oxygens (including phenoxy) is 2. The highest BCUT2D eigenvalue weighted by molar-refractivity contribution is 9.10. The Kier molecular flexibility index (Phi) is 3.37. The van der Waals surface area contributed by atoms with Gasteiger partial charge in [0.1, 0.15) is 0 Å². The Morgan fingerprint density at radius 3 is 3.00 bits per heavy atom. The van der Waals surface area contributed by atoms with Gasteiger partial charge in [0.25, 0.3) is 0 Å². The van der Waals surface area contributed by atoms with E-state index in [4.69, 9.17) is 9.47 Å². The van der Waals surface area contributed by atoms with Gasteiger partial charge in [0, 0.05) is 16.6 Å². The third kappa shape index (κ3) is 1.90. The minimum Gasteiger partial charge on any atom is -0.454 e. The van der Waals surface area contributed by atoms with Crippen LogP contribution >= 0.6 is 15.9 Å². The maximum Gasteiger partial charge on any atom is 0.231 e. The summed E-state index contributed by atoms with van der Waals surface area (Å²) in [5.74, 6) is 1.34. The summed E-state index contributed by atoms with van der Waals surface area (Å²) in [4.78, 5) is 0. The predicted molar refractivity (Wildman–Crippen MR) is 63.9 cm³/mol. The fraction of sp³-hybridized carbons (Fsp3) is 0.455. The smallest absolute Gasteiger partial charge is 0.231 e. The minimum absolute atomic E-state index is 0.213. The summed E-state index contributed by atoms with van der Waals surface area (Å²) < 4.78 is 11.6. The van der Waals surface area contributed by atoms with Crippen LogP contribution in [-0.4, -0.2) is 25.5 Å². The highest BCUT2D eigenvalue weighted by atomic mass is 79.9. The van der Waals surface area contributed by atoms with E-state index in [0.717, 1.165) is 15.6 Å². The van der Waals surface area contributed by atoms with E-state index in [1.807, 2.05) is 13.0 Å². The molecule has 4 nitrogen and oxygen atoms in total. The summed E-state index contributed by atoms with van der Waals surface area (Å²) >= 11 is 3.45. The van der Waals surface area contributed by atoms with Gasteiger partial charge in [-0.15, -0.1) is 0 Å². The van der Waals surface area contributed by atoms with Crippen LogP contribution in [0.1, 0.15) is 17.2 Å². The third-order valence-electron chi connectivity index (χ3n) is 2.64. The molecule has 0 saturated carbocycles. The molecule has 0 aliphatic carbocycles. The van der Waals surface area contributed by atoms with E-state index in [9.17, 15) is 5.11 Å². The number of benzene rings is 1. The van der Waals surface area contributed by atoms with Crippen LogP contribution in [0.2, 0.25) is 0 Å². The highest BCUT2D eigenvalue weighted by Crippen LogP contribution is 2.43. The average Bonchev–Trinajstić information content (AvgIpc) is 2.67. The molecule has 1 unspecified atom stereocenters. The molecule has 1 aliphatic heterocycles. The summed E-state index contributed by atoms with van der Waals surface area (Å²) in [5, 5.41) is 13.0. The number of fused-ring (bicyclic) bond motifs is 1. The van der Waals surface area contributed by atoms with E-state index >= 15 is 0 Å². The van der Waals surface area contributed by atoms with E-state index in [-0.39, 0.29) is 6.79 Å². The second-order valence-corrected chi connectivity index (χ2v) is 4.56. The number of hydrogen-bond acceptors (Lipinski definition) is 4. The van der Waals surface area contributed by atoms with E-state index < -0.39 is 6.10 Å². The zero-order chi connectivity index (χ0) is 11.7. The van der Waals surface area contributed by atoms with Gasteiger partial charge in [0.2, 0.25) is 6.79 Å². The van der Waals surface area contributed by atoms with E-state index in [1.165, 1.54) is 0 Å². The van der Waals surface area contributed by atoms with Crippen LogP contribution in [0.4, 0.5) is 0 Å². The Morgan fingerprint density at radius 2 is 2.31 bits per heavy atom. The Balaban J connectivity index is 2.49. The molecule has 0 saturated heterocycles. The summed E-state index contributed by atoms with van der Waals surface area (Å²) in [5.41, 5.74) is 1.77. The first kappa shape index (κ1) is 11.7. The lowest BCUT2D eigenvalue weighted by Crippen LogP contribution is -2.18. The first-order valence-corrected chi connectivity index (χ1v) is 5.85. The fourth-order valence-electron chi connectivity index (χ4n) is 1.83. The number of likely N-dealkylation sites (N-methyl/N-ethyl adjacent to an activating group) is 1. The van der Waals surface area contributed by atoms with Gasteiger partial charge in [-0.25, -0.2) is 0 Å². The molecule has 0 bridgehead atoms. The molecule has 1 aliphatic rings. The number of aliphatic hydroxyl groups excluding tert-OH is 1. The van der Waals surface area contributed by atoms with Crippen molar-refractivity contribution >= 4 is 15.9 Å². The molecule has 0 amide bonds. The van der Waals surface area contributed by atoms with E-state index in [0.29, 0.717) is 18.0 Å². The summed E-state index contributed by atoms with van der Waals surface area (Å²) in [6.07, 6.45) is -0.599. The van der Waals surface area contributed by atoms with Gasteiger partial charge in [0.15, 0.2) is 11.5 Å². The molecule has 1 heterocycles. The zero-order valence-electron chi connectivity index (χ0n) is 9.21. The van der Waals surface area contributed by atoms with Gasteiger partial charge in [-0.3, -0.25) is 0 Å². The molecule has 0 fully saturated rings. The van der Waals surface area contributed by atoms with Crippen molar-refractivity contribution in [3.05, 3.63) is 21.7 Å². The minimum atomic E-state index is -0.599. The number of nitrogens with one attached hydrogen (secondary N) is 1. The standard InChI is InChI=1S/C11H14BrNO3/c1-6-7(12)3-9-11(16-5-15-9)10(6)8(14)4-13-2/h3,8,13-14H,4-5H2,1-2H3. The first-order valence-electron chi connectivity index (χ1n) is 5.06. The molecule has 0 spiro atoms. The second kappa shape index (κ2) is 4.61. The van der Waals surface area contributed by atoms with Crippen molar-refractivity contribution in [3.8, 4) is 11.5 Å². The van der Waals surface area contributed by atoms with Crippen molar-refractivity contribution in [2.45, 2.75) is 13.0 Å². The van der Waals surface area contributed by atoms with Crippen molar-refractivity contribution in [1.29, 1.82) is 0 Å². The molecule has 1 aromatic carbocycles. The fourth-order valence-corrected chi connectivity index (χ4v) is 2.25. The molecular weight excluding hydrogens is 274 g/mol. The van der Waals surface area contributed by atoms with Crippen LogP contribution < -0.4 is 14.8 Å². The maximum absolute atomic E-state index is 10.1. The molecule has 0 radical (unpaired) electrons. The highest BCUT2D eigenvalue weighted by Gasteiger charge is 2.25. The SMILES string of the molecule is CNCC(O)c1c(C)c(Br)cc2c1OCO2. The first-order chi connectivity index (χ1) is 7.65. The lowest BCUT2D eigenvalue weighted by atomic mass is 10.0. The van der Waals surface area contributed by atoms with Crippen LogP contribution in [0.3, 0.4) is 0 Å². The quantitative estimate of drug-likeness (QED) is 0.889. The van der Waals surface area contributed by atoms with Crippen LogP contribution in [0.25, 0.3) is 0 Å². The Morgan fingerprint density at radius 1 is 1.56 bits per heavy atom. The monoisotopic (exact) mass is 287 g/mol.